The molecule has 15 heavy (non-hydrogen) atoms. The number of benzene rings is 2. The lowest BCUT2D eigenvalue weighted by molar-refractivity contribution is 1.15. The van der Waals surface area contributed by atoms with E-state index in [2.05, 4.69) is 10.4 Å². The van der Waals surface area contributed by atoms with Gasteiger partial charge in [0, 0.05) is 11.4 Å². The van der Waals surface area contributed by atoms with Gasteiger partial charge < -0.3 is 5.32 Å². The summed E-state index contributed by atoms with van der Waals surface area (Å²) in [5.74, 6) is 0. The van der Waals surface area contributed by atoms with Crippen LogP contribution >= 0.6 is 0 Å². The predicted molar refractivity (Wildman–Crippen MR) is 61.0 cm³/mol. The molecule has 0 aliphatic heterocycles. The summed E-state index contributed by atoms with van der Waals surface area (Å²) >= 11 is 0. The van der Waals surface area contributed by atoms with Gasteiger partial charge in [-0.2, -0.15) is 5.11 Å². The van der Waals surface area contributed by atoms with Gasteiger partial charge in [0.15, 0.2) is 0 Å². The Kier molecular flexibility index (Phi) is 2.74. The minimum Gasteiger partial charge on any atom is -0.356 e. The molecule has 2 aromatic rings. The van der Waals surface area contributed by atoms with Crippen molar-refractivity contribution >= 4 is 17.1 Å². The molecular weight excluding hydrogens is 186 g/mol. The van der Waals surface area contributed by atoms with E-state index in [0.29, 0.717) is 5.69 Å². The van der Waals surface area contributed by atoms with E-state index in [9.17, 15) is 0 Å². The smallest absolute Gasteiger partial charge is 0.0851 e. The molecule has 3 heteroatoms. The average molecular weight is 197 g/mol. The zero-order chi connectivity index (χ0) is 10.5. The number of para-hydroxylation sites is 1. The number of nitrogens with one attached hydrogen (secondary N) is 2. The SMILES string of the molecule is N=Nc1ccc(Nc2ccccc2)cc1. The van der Waals surface area contributed by atoms with E-state index < -0.39 is 0 Å². The van der Waals surface area contributed by atoms with Crippen LogP contribution in [0.1, 0.15) is 0 Å². The first kappa shape index (κ1) is 9.40. The van der Waals surface area contributed by atoms with Crippen LogP contribution in [0.3, 0.4) is 0 Å². The van der Waals surface area contributed by atoms with Crippen molar-refractivity contribution in [1.82, 2.24) is 0 Å². The lowest BCUT2D eigenvalue weighted by Gasteiger charge is -2.05. The third kappa shape index (κ3) is 2.40. The van der Waals surface area contributed by atoms with Gasteiger partial charge in [-0.1, -0.05) is 18.2 Å². The molecule has 3 nitrogen and oxygen atoms in total. The summed E-state index contributed by atoms with van der Waals surface area (Å²) in [5.41, 5.74) is 9.54. The fraction of sp³-hybridized carbons (Fsp3) is 0. The highest BCUT2D eigenvalue weighted by Gasteiger charge is 1.93. The molecule has 2 rings (SSSR count). The Labute approximate surface area is 88.3 Å². The number of anilines is 2. The van der Waals surface area contributed by atoms with E-state index in [1.807, 2.05) is 42.5 Å². The van der Waals surface area contributed by atoms with Crippen molar-refractivity contribution in [2.24, 2.45) is 5.11 Å². The lowest BCUT2D eigenvalue weighted by atomic mass is 10.2. The van der Waals surface area contributed by atoms with Crippen LogP contribution in [0.5, 0.6) is 0 Å². The third-order valence-electron chi connectivity index (χ3n) is 2.06. The Balaban J connectivity index is 2.15. The Hall–Kier alpha value is -2.16. The van der Waals surface area contributed by atoms with Gasteiger partial charge in [-0.15, -0.1) is 0 Å². The Morgan fingerprint density at radius 3 is 2.00 bits per heavy atom. The highest BCUT2D eigenvalue weighted by molar-refractivity contribution is 5.61. The van der Waals surface area contributed by atoms with Gasteiger partial charge in [0.25, 0.3) is 0 Å². The molecule has 0 unspecified atom stereocenters. The maximum atomic E-state index is 6.84. The summed E-state index contributed by atoms with van der Waals surface area (Å²) in [6.45, 7) is 0. The number of hydrogen-bond acceptors (Lipinski definition) is 3. The summed E-state index contributed by atoms with van der Waals surface area (Å²) in [6, 6.07) is 17.4. The Morgan fingerprint density at radius 2 is 1.40 bits per heavy atom. The van der Waals surface area contributed by atoms with E-state index in [4.69, 9.17) is 5.53 Å². The first-order chi connectivity index (χ1) is 7.38. The van der Waals surface area contributed by atoms with Crippen LogP contribution in [0.4, 0.5) is 17.1 Å². The van der Waals surface area contributed by atoms with Gasteiger partial charge in [-0.3, -0.25) is 0 Å². The minimum absolute atomic E-state index is 0.661. The van der Waals surface area contributed by atoms with Crippen molar-refractivity contribution < 1.29 is 0 Å². The summed E-state index contributed by atoms with van der Waals surface area (Å²) in [4.78, 5) is 0. The second kappa shape index (κ2) is 4.37. The standard InChI is InChI=1S/C12H11N3/c13-15-12-8-6-11(7-9-12)14-10-4-2-1-3-5-10/h1-9,13-14H. The molecule has 0 amide bonds. The molecule has 0 atom stereocenters. The maximum absolute atomic E-state index is 6.84. The molecule has 0 aliphatic rings. The lowest BCUT2D eigenvalue weighted by Crippen LogP contribution is -1.88. The first-order valence-corrected chi connectivity index (χ1v) is 4.68. The van der Waals surface area contributed by atoms with Gasteiger partial charge in [-0.05, 0) is 36.4 Å². The second-order valence-electron chi connectivity index (χ2n) is 3.15. The molecule has 74 valence electrons. The maximum Gasteiger partial charge on any atom is 0.0851 e. The van der Waals surface area contributed by atoms with Crippen molar-refractivity contribution in [2.45, 2.75) is 0 Å². The molecule has 0 bridgehead atoms. The van der Waals surface area contributed by atoms with Crippen LogP contribution in [-0.4, -0.2) is 0 Å². The van der Waals surface area contributed by atoms with E-state index >= 15 is 0 Å². The van der Waals surface area contributed by atoms with Crippen molar-refractivity contribution in [1.29, 1.82) is 5.53 Å². The van der Waals surface area contributed by atoms with Crippen molar-refractivity contribution in [2.75, 3.05) is 5.32 Å². The summed E-state index contributed by atoms with van der Waals surface area (Å²) < 4.78 is 0. The largest absolute Gasteiger partial charge is 0.356 e. The van der Waals surface area contributed by atoms with Crippen LogP contribution in [0.25, 0.3) is 0 Å². The normalized spacial score (nSPS) is 9.60. The van der Waals surface area contributed by atoms with E-state index in [-0.39, 0.29) is 0 Å². The summed E-state index contributed by atoms with van der Waals surface area (Å²) in [7, 11) is 0. The molecule has 0 aliphatic carbocycles. The van der Waals surface area contributed by atoms with Crippen LogP contribution in [-0.2, 0) is 0 Å². The molecule has 0 saturated carbocycles. The fourth-order valence-corrected chi connectivity index (χ4v) is 1.31. The highest BCUT2D eigenvalue weighted by Crippen LogP contribution is 2.19. The van der Waals surface area contributed by atoms with Crippen LogP contribution in [0.2, 0.25) is 0 Å². The molecule has 0 radical (unpaired) electrons. The monoisotopic (exact) mass is 197 g/mol. The van der Waals surface area contributed by atoms with Crippen molar-refractivity contribution in [3.05, 3.63) is 54.6 Å². The topological polar surface area (TPSA) is 48.2 Å². The molecule has 0 saturated heterocycles. The summed E-state index contributed by atoms with van der Waals surface area (Å²) in [6.07, 6.45) is 0. The second-order valence-corrected chi connectivity index (χ2v) is 3.15. The number of hydrogen-bond donors (Lipinski definition) is 2. The molecule has 0 aromatic heterocycles. The zero-order valence-corrected chi connectivity index (χ0v) is 8.14. The van der Waals surface area contributed by atoms with Crippen molar-refractivity contribution in [3.63, 3.8) is 0 Å². The third-order valence-corrected chi connectivity index (χ3v) is 2.06. The Bertz CT molecular complexity index is 434. The van der Waals surface area contributed by atoms with Gasteiger partial charge in [0.05, 0.1) is 5.69 Å². The Morgan fingerprint density at radius 1 is 0.800 bits per heavy atom. The number of nitrogens with zero attached hydrogens (tertiary/aromatic N) is 1. The number of rotatable bonds is 3. The molecule has 0 fully saturated rings. The predicted octanol–water partition coefficient (Wildman–Crippen LogP) is 4.09. The average Bonchev–Trinajstić information content (AvgIpc) is 2.31. The molecular formula is C12H11N3. The van der Waals surface area contributed by atoms with Gasteiger partial charge in [0.2, 0.25) is 0 Å². The fourth-order valence-electron chi connectivity index (χ4n) is 1.31. The first-order valence-electron chi connectivity index (χ1n) is 4.68. The van der Waals surface area contributed by atoms with Gasteiger partial charge in [-0.25, -0.2) is 5.53 Å². The van der Waals surface area contributed by atoms with Gasteiger partial charge >= 0.3 is 0 Å². The molecule has 2 aromatic carbocycles. The van der Waals surface area contributed by atoms with E-state index in [1.165, 1.54) is 0 Å². The van der Waals surface area contributed by atoms with Crippen molar-refractivity contribution in [3.8, 4) is 0 Å². The van der Waals surface area contributed by atoms with Crippen LogP contribution < -0.4 is 5.32 Å². The van der Waals surface area contributed by atoms with E-state index in [0.717, 1.165) is 11.4 Å². The van der Waals surface area contributed by atoms with Crippen LogP contribution in [0.15, 0.2) is 59.7 Å². The molecule has 0 spiro atoms. The summed E-state index contributed by atoms with van der Waals surface area (Å²) in [5, 5.41) is 6.59. The molecule has 2 N–H and O–H groups in total. The molecule has 0 heterocycles. The minimum atomic E-state index is 0.661. The quantitative estimate of drug-likeness (QED) is 0.715. The van der Waals surface area contributed by atoms with Crippen LogP contribution in [0, 0.1) is 5.53 Å². The zero-order valence-electron chi connectivity index (χ0n) is 8.14. The highest BCUT2D eigenvalue weighted by atomic mass is 15.0. The van der Waals surface area contributed by atoms with Gasteiger partial charge in [0.1, 0.15) is 0 Å². The van der Waals surface area contributed by atoms with E-state index in [1.54, 1.807) is 12.1 Å².